The lowest BCUT2D eigenvalue weighted by Gasteiger charge is -2.52. The summed E-state index contributed by atoms with van der Waals surface area (Å²) in [6.45, 7) is 10.6. The van der Waals surface area contributed by atoms with E-state index in [-0.39, 0.29) is 5.41 Å². The van der Waals surface area contributed by atoms with Gasteiger partial charge in [-0.05, 0) is 12.3 Å². The van der Waals surface area contributed by atoms with Crippen LogP contribution in [0.2, 0.25) is 0 Å². The smallest absolute Gasteiger partial charge is 0.120 e. The molecule has 0 aromatic carbocycles. The molecular formula is C14H25N3O. The molecule has 4 nitrogen and oxygen atoms in total. The second kappa shape index (κ2) is 5.41. The van der Waals surface area contributed by atoms with Gasteiger partial charge in [0.25, 0.3) is 0 Å². The van der Waals surface area contributed by atoms with Gasteiger partial charge in [-0.2, -0.15) is 0 Å². The fourth-order valence-corrected chi connectivity index (χ4v) is 2.44. The minimum absolute atomic E-state index is 0.210. The lowest BCUT2D eigenvalue weighted by atomic mass is 9.64. The van der Waals surface area contributed by atoms with E-state index >= 15 is 0 Å². The highest BCUT2D eigenvalue weighted by atomic mass is 16.5. The molecule has 1 aliphatic carbocycles. The third-order valence-electron chi connectivity index (χ3n) is 3.88. The van der Waals surface area contributed by atoms with Gasteiger partial charge in [-0.15, -0.1) is 0 Å². The number of rotatable bonds is 6. The standard InChI is InChI=1S/C14H25N3O/c1-10(2)9-18-12-7-11(14(12,3)4)17-8-13-15-5-6-16-13/h5-6,10-12,17H,7-9H2,1-4H3,(H,15,16). The number of nitrogens with one attached hydrogen (secondary N) is 2. The van der Waals surface area contributed by atoms with Crippen LogP contribution in [0.1, 0.15) is 39.9 Å². The predicted molar refractivity (Wildman–Crippen MR) is 72.2 cm³/mol. The van der Waals surface area contributed by atoms with Crippen molar-refractivity contribution in [2.45, 2.75) is 52.8 Å². The van der Waals surface area contributed by atoms with Gasteiger partial charge in [0.2, 0.25) is 0 Å². The molecule has 2 atom stereocenters. The predicted octanol–water partition coefficient (Wildman–Crippen LogP) is 2.34. The Kier molecular flexibility index (Phi) is 4.07. The van der Waals surface area contributed by atoms with Crippen LogP contribution in [0, 0.1) is 11.3 Å². The van der Waals surface area contributed by atoms with Crippen molar-refractivity contribution < 1.29 is 4.74 Å². The third kappa shape index (κ3) is 2.93. The van der Waals surface area contributed by atoms with E-state index in [0.29, 0.717) is 18.1 Å². The van der Waals surface area contributed by atoms with E-state index in [1.807, 2.05) is 6.20 Å². The molecule has 4 heteroatoms. The van der Waals surface area contributed by atoms with E-state index in [9.17, 15) is 0 Å². The van der Waals surface area contributed by atoms with Crippen molar-refractivity contribution in [1.82, 2.24) is 15.3 Å². The van der Waals surface area contributed by atoms with Crippen LogP contribution < -0.4 is 5.32 Å². The Morgan fingerprint density at radius 2 is 2.33 bits per heavy atom. The topological polar surface area (TPSA) is 49.9 Å². The van der Waals surface area contributed by atoms with Crippen molar-refractivity contribution in [2.24, 2.45) is 11.3 Å². The minimum Gasteiger partial charge on any atom is -0.377 e. The van der Waals surface area contributed by atoms with E-state index in [2.05, 4.69) is 43.0 Å². The Bertz CT molecular complexity index is 359. The zero-order valence-corrected chi connectivity index (χ0v) is 11.9. The number of aromatic amines is 1. The van der Waals surface area contributed by atoms with Crippen LogP contribution in [-0.2, 0) is 11.3 Å². The normalized spacial score (nSPS) is 26.3. The van der Waals surface area contributed by atoms with Crippen LogP contribution >= 0.6 is 0 Å². The van der Waals surface area contributed by atoms with Crippen LogP contribution in [0.4, 0.5) is 0 Å². The molecule has 1 aliphatic rings. The number of aromatic nitrogens is 2. The molecule has 1 heterocycles. The van der Waals surface area contributed by atoms with Gasteiger partial charge in [-0.3, -0.25) is 0 Å². The lowest BCUT2D eigenvalue weighted by Crippen LogP contribution is -2.60. The summed E-state index contributed by atoms with van der Waals surface area (Å²) in [6, 6.07) is 0.514. The van der Waals surface area contributed by atoms with Gasteiger partial charge in [0.05, 0.1) is 12.6 Å². The van der Waals surface area contributed by atoms with Crippen LogP contribution in [0.25, 0.3) is 0 Å². The zero-order valence-electron chi connectivity index (χ0n) is 11.9. The molecule has 0 radical (unpaired) electrons. The third-order valence-corrected chi connectivity index (χ3v) is 3.88. The molecule has 1 aromatic heterocycles. The summed E-state index contributed by atoms with van der Waals surface area (Å²) >= 11 is 0. The van der Waals surface area contributed by atoms with Gasteiger partial charge in [0.1, 0.15) is 5.82 Å². The van der Waals surface area contributed by atoms with Crippen LogP contribution in [-0.4, -0.2) is 28.7 Å². The van der Waals surface area contributed by atoms with E-state index in [1.54, 1.807) is 6.20 Å². The summed E-state index contributed by atoms with van der Waals surface area (Å²) in [7, 11) is 0. The monoisotopic (exact) mass is 251 g/mol. The number of H-pyrrole nitrogens is 1. The van der Waals surface area contributed by atoms with E-state index in [1.165, 1.54) is 0 Å². The Morgan fingerprint density at radius 1 is 1.56 bits per heavy atom. The van der Waals surface area contributed by atoms with Crippen LogP contribution in [0.3, 0.4) is 0 Å². The molecule has 0 saturated heterocycles. The summed E-state index contributed by atoms with van der Waals surface area (Å²) in [5, 5.41) is 3.56. The summed E-state index contributed by atoms with van der Waals surface area (Å²) < 4.78 is 5.96. The molecule has 0 aliphatic heterocycles. The van der Waals surface area contributed by atoms with Crippen molar-refractivity contribution in [3.63, 3.8) is 0 Å². The van der Waals surface area contributed by atoms with Crippen molar-refractivity contribution in [1.29, 1.82) is 0 Å². The van der Waals surface area contributed by atoms with Crippen molar-refractivity contribution in [3.8, 4) is 0 Å². The largest absolute Gasteiger partial charge is 0.377 e. The molecule has 18 heavy (non-hydrogen) atoms. The fourth-order valence-electron chi connectivity index (χ4n) is 2.44. The van der Waals surface area contributed by atoms with Crippen LogP contribution in [0.15, 0.2) is 12.4 Å². The van der Waals surface area contributed by atoms with Gasteiger partial charge < -0.3 is 15.0 Å². The van der Waals surface area contributed by atoms with Crippen molar-refractivity contribution in [3.05, 3.63) is 18.2 Å². The van der Waals surface area contributed by atoms with Crippen LogP contribution in [0.5, 0.6) is 0 Å². The number of hydrogen-bond acceptors (Lipinski definition) is 3. The van der Waals surface area contributed by atoms with Gasteiger partial charge in [-0.25, -0.2) is 4.98 Å². The first kappa shape index (κ1) is 13.6. The van der Waals surface area contributed by atoms with E-state index < -0.39 is 0 Å². The molecular weight excluding hydrogens is 226 g/mol. The van der Waals surface area contributed by atoms with Gasteiger partial charge in [-0.1, -0.05) is 27.7 Å². The zero-order chi connectivity index (χ0) is 13.2. The molecule has 0 spiro atoms. The van der Waals surface area contributed by atoms with Gasteiger partial charge >= 0.3 is 0 Å². The second-order valence-electron chi connectivity index (χ2n) is 6.24. The Morgan fingerprint density at radius 3 is 2.89 bits per heavy atom. The number of hydrogen-bond donors (Lipinski definition) is 2. The number of imidazole rings is 1. The highest BCUT2D eigenvalue weighted by Gasteiger charge is 2.48. The Balaban J connectivity index is 1.76. The summed E-state index contributed by atoms with van der Waals surface area (Å²) in [4.78, 5) is 7.34. The second-order valence-corrected chi connectivity index (χ2v) is 6.24. The SMILES string of the molecule is CC(C)COC1CC(NCc2ncc[nH]2)C1(C)C. The van der Waals surface area contributed by atoms with Gasteiger partial charge in [0, 0.05) is 30.5 Å². The summed E-state index contributed by atoms with van der Waals surface area (Å²) in [6.07, 6.45) is 5.13. The first-order valence-corrected chi connectivity index (χ1v) is 6.83. The first-order chi connectivity index (χ1) is 8.50. The van der Waals surface area contributed by atoms with Gasteiger partial charge in [0.15, 0.2) is 0 Å². The average Bonchev–Trinajstić information content (AvgIpc) is 2.79. The molecule has 1 fully saturated rings. The summed E-state index contributed by atoms with van der Waals surface area (Å²) in [5.41, 5.74) is 0.210. The van der Waals surface area contributed by atoms with Crippen molar-refractivity contribution in [2.75, 3.05) is 6.61 Å². The molecule has 2 N–H and O–H groups in total. The maximum absolute atomic E-state index is 5.96. The lowest BCUT2D eigenvalue weighted by molar-refractivity contribution is -0.124. The Hall–Kier alpha value is -0.870. The Labute approximate surface area is 110 Å². The highest BCUT2D eigenvalue weighted by molar-refractivity contribution is 5.03. The fraction of sp³-hybridized carbons (Fsp3) is 0.786. The molecule has 0 bridgehead atoms. The average molecular weight is 251 g/mol. The molecule has 0 amide bonds. The summed E-state index contributed by atoms with van der Waals surface area (Å²) in [5.74, 6) is 1.60. The van der Waals surface area contributed by atoms with E-state index in [0.717, 1.165) is 25.4 Å². The maximum Gasteiger partial charge on any atom is 0.120 e. The first-order valence-electron chi connectivity index (χ1n) is 6.83. The quantitative estimate of drug-likeness (QED) is 0.816. The minimum atomic E-state index is 0.210. The number of ether oxygens (including phenoxy) is 1. The van der Waals surface area contributed by atoms with Crippen molar-refractivity contribution >= 4 is 0 Å². The number of nitrogens with zero attached hydrogens (tertiary/aromatic N) is 1. The van der Waals surface area contributed by atoms with E-state index in [4.69, 9.17) is 4.74 Å². The molecule has 1 saturated carbocycles. The maximum atomic E-state index is 5.96. The molecule has 2 rings (SSSR count). The highest BCUT2D eigenvalue weighted by Crippen LogP contribution is 2.43. The molecule has 2 unspecified atom stereocenters. The molecule has 102 valence electrons. The molecule has 1 aromatic rings.